The van der Waals surface area contributed by atoms with E-state index >= 15 is 0 Å². The van der Waals surface area contributed by atoms with Crippen molar-refractivity contribution in [3.05, 3.63) is 29.8 Å². The van der Waals surface area contributed by atoms with Crippen LogP contribution in [0.5, 0.6) is 5.75 Å². The number of pyridine rings is 1. The van der Waals surface area contributed by atoms with E-state index in [0.717, 1.165) is 5.56 Å². The first-order chi connectivity index (χ1) is 8.35. The Hall–Kier alpha value is -1.98. The third-order valence-electron chi connectivity index (χ3n) is 2.42. The van der Waals surface area contributed by atoms with Crippen molar-refractivity contribution in [1.82, 2.24) is 4.98 Å². The van der Waals surface area contributed by atoms with Crippen LogP contribution in [0.3, 0.4) is 0 Å². The van der Waals surface area contributed by atoms with E-state index in [1.165, 1.54) is 12.1 Å². The molecular formula is C12H11F3N2O. The molecule has 0 amide bonds. The zero-order chi connectivity index (χ0) is 13.3. The van der Waals surface area contributed by atoms with Gasteiger partial charge in [0.15, 0.2) is 6.61 Å². The highest BCUT2D eigenvalue weighted by Crippen LogP contribution is 2.24. The Morgan fingerprint density at radius 2 is 2.00 bits per heavy atom. The normalized spacial score (nSPS) is 11.8. The zero-order valence-corrected chi connectivity index (χ0v) is 9.58. The summed E-state index contributed by atoms with van der Waals surface area (Å²) in [5, 5.41) is 0.696. The lowest BCUT2D eigenvalue weighted by Gasteiger charge is -2.10. The third-order valence-corrected chi connectivity index (χ3v) is 2.42. The summed E-state index contributed by atoms with van der Waals surface area (Å²) in [6.45, 7) is 0.477. The molecule has 0 fully saturated rings. The fourth-order valence-corrected chi connectivity index (χ4v) is 1.53. The second-order valence-corrected chi connectivity index (χ2v) is 3.95. The van der Waals surface area contributed by atoms with Crippen molar-refractivity contribution in [3.63, 3.8) is 0 Å². The molecule has 1 aromatic carbocycles. The largest absolute Gasteiger partial charge is 0.484 e. The lowest BCUT2D eigenvalue weighted by atomic mass is 10.1. The number of rotatable bonds is 2. The van der Waals surface area contributed by atoms with Crippen molar-refractivity contribution >= 4 is 16.7 Å². The molecule has 0 saturated heterocycles. The minimum atomic E-state index is -4.34. The van der Waals surface area contributed by atoms with Crippen molar-refractivity contribution in [2.75, 3.05) is 12.3 Å². The molecule has 0 radical (unpaired) electrons. The molecule has 18 heavy (non-hydrogen) atoms. The molecule has 6 heteroatoms. The van der Waals surface area contributed by atoms with Gasteiger partial charge in [-0.2, -0.15) is 13.2 Å². The summed E-state index contributed by atoms with van der Waals surface area (Å²) < 4.78 is 40.7. The van der Waals surface area contributed by atoms with Gasteiger partial charge in [0.1, 0.15) is 11.6 Å². The van der Waals surface area contributed by atoms with Crippen LogP contribution in [0.15, 0.2) is 24.3 Å². The van der Waals surface area contributed by atoms with Crippen LogP contribution < -0.4 is 10.5 Å². The number of hydrogen-bond acceptors (Lipinski definition) is 3. The molecular weight excluding hydrogens is 245 g/mol. The highest BCUT2D eigenvalue weighted by molar-refractivity contribution is 5.82. The summed E-state index contributed by atoms with van der Waals surface area (Å²) in [5.41, 5.74) is 7.04. The Bertz CT molecular complexity index is 581. The molecule has 0 spiro atoms. The van der Waals surface area contributed by atoms with E-state index in [9.17, 15) is 13.2 Å². The van der Waals surface area contributed by atoms with Crippen molar-refractivity contribution in [2.45, 2.75) is 13.1 Å². The molecule has 3 nitrogen and oxygen atoms in total. The van der Waals surface area contributed by atoms with Crippen LogP contribution in [0.4, 0.5) is 19.0 Å². The highest BCUT2D eigenvalue weighted by Gasteiger charge is 2.28. The number of ether oxygens (including phenoxy) is 1. The van der Waals surface area contributed by atoms with Crippen molar-refractivity contribution in [2.24, 2.45) is 0 Å². The number of aromatic nitrogens is 1. The highest BCUT2D eigenvalue weighted by atomic mass is 19.4. The quantitative estimate of drug-likeness (QED) is 0.898. The molecule has 0 aliphatic rings. The first kappa shape index (κ1) is 12.5. The molecule has 0 unspecified atom stereocenters. The molecule has 2 N–H and O–H groups in total. The maximum atomic E-state index is 12.0. The lowest BCUT2D eigenvalue weighted by molar-refractivity contribution is -0.153. The van der Waals surface area contributed by atoms with Gasteiger partial charge in [0.2, 0.25) is 0 Å². The van der Waals surface area contributed by atoms with Crippen molar-refractivity contribution < 1.29 is 17.9 Å². The molecule has 2 rings (SSSR count). The zero-order valence-electron chi connectivity index (χ0n) is 9.58. The lowest BCUT2D eigenvalue weighted by Crippen LogP contribution is -2.19. The maximum Gasteiger partial charge on any atom is 0.422 e. The Morgan fingerprint density at radius 1 is 1.28 bits per heavy atom. The number of nitrogens with zero attached hydrogens (tertiary/aromatic N) is 1. The standard InChI is InChI=1S/C12H11F3N2O/c1-7-4-8-5-9(18-6-12(13,14)15)2-3-10(8)17-11(7)16/h2-5H,6H2,1H3,(H2,16,17). The van der Waals surface area contributed by atoms with Gasteiger partial charge < -0.3 is 10.5 Å². The Morgan fingerprint density at radius 3 is 2.67 bits per heavy atom. The number of hydrogen-bond donors (Lipinski definition) is 1. The number of aryl methyl sites for hydroxylation is 1. The van der Waals surface area contributed by atoms with Gasteiger partial charge in [0.05, 0.1) is 5.52 Å². The Kier molecular flexibility index (Phi) is 3.02. The van der Waals surface area contributed by atoms with Crippen LogP contribution in [0, 0.1) is 6.92 Å². The smallest absolute Gasteiger partial charge is 0.422 e. The van der Waals surface area contributed by atoms with E-state index in [-0.39, 0.29) is 5.75 Å². The van der Waals surface area contributed by atoms with Crippen molar-refractivity contribution in [3.8, 4) is 5.75 Å². The summed E-state index contributed by atoms with van der Waals surface area (Å²) >= 11 is 0. The van der Waals surface area contributed by atoms with Gasteiger partial charge in [-0.15, -0.1) is 0 Å². The second kappa shape index (κ2) is 4.36. The van der Waals surface area contributed by atoms with Gasteiger partial charge in [-0.25, -0.2) is 4.98 Å². The van der Waals surface area contributed by atoms with E-state index in [0.29, 0.717) is 16.7 Å². The minimum Gasteiger partial charge on any atom is -0.484 e. The molecule has 2 aromatic rings. The SMILES string of the molecule is Cc1cc2cc(OCC(F)(F)F)ccc2nc1N. The number of nitrogen functional groups attached to an aromatic ring is 1. The van der Waals surface area contributed by atoms with Gasteiger partial charge in [0.25, 0.3) is 0 Å². The molecule has 0 aliphatic carbocycles. The average Bonchev–Trinajstić information content (AvgIpc) is 2.27. The van der Waals surface area contributed by atoms with E-state index in [4.69, 9.17) is 5.73 Å². The van der Waals surface area contributed by atoms with E-state index in [1.807, 2.05) is 0 Å². The van der Waals surface area contributed by atoms with Crippen LogP contribution in [0.25, 0.3) is 10.9 Å². The summed E-state index contributed by atoms with van der Waals surface area (Å²) in [5.74, 6) is 0.567. The molecule has 0 atom stereocenters. The van der Waals surface area contributed by atoms with Crippen LogP contribution in [-0.4, -0.2) is 17.8 Å². The number of anilines is 1. The number of alkyl halides is 3. The van der Waals surface area contributed by atoms with E-state index < -0.39 is 12.8 Å². The van der Waals surface area contributed by atoms with Crippen LogP contribution in [0.1, 0.15) is 5.56 Å². The predicted molar refractivity (Wildman–Crippen MR) is 62.4 cm³/mol. The molecule has 0 bridgehead atoms. The number of nitrogens with two attached hydrogens (primary N) is 1. The van der Waals surface area contributed by atoms with Gasteiger partial charge in [-0.1, -0.05) is 0 Å². The van der Waals surface area contributed by atoms with Gasteiger partial charge in [-0.05, 0) is 36.8 Å². The van der Waals surface area contributed by atoms with Crippen LogP contribution >= 0.6 is 0 Å². The fraction of sp³-hybridized carbons (Fsp3) is 0.250. The molecule has 0 saturated carbocycles. The molecule has 1 aromatic heterocycles. The fourth-order valence-electron chi connectivity index (χ4n) is 1.53. The third kappa shape index (κ3) is 2.82. The summed E-state index contributed by atoms with van der Waals surface area (Å²) in [4.78, 5) is 4.13. The minimum absolute atomic E-state index is 0.158. The summed E-state index contributed by atoms with van der Waals surface area (Å²) in [7, 11) is 0. The van der Waals surface area contributed by atoms with Crippen LogP contribution in [0.2, 0.25) is 0 Å². The summed E-state index contributed by atoms with van der Waals surface area (Å²) in [6.07, 6.45) is -4.34. The number of benzene rings is 1. The summed E-state index contributed by atoms with van der Waals surface area (Å²) in [6, 6.07) is 6.30. The first-order valence-electron chi connectivity index (χ1n) is 5.21. The van der Waals surface area contributed by atoms with Gasteiger partial charge in [-0.3, -0.25) is 0 Å². The first-order valence-corrected chi connectivity index (χ1v) is 5.21. The number of halogens is 3. The predicted octanol–water partition coefficient (Wildman–Crippen LogP) is 3.07. The van der Waals surface area contributed by atoms with E-state index in [1.54, 1.807) is 19.1 Å². The van der Waals surface area contributed by atoms with E-state index in [2.05, 4.69) is 9.72 Å². The Balaban J connectivity index is 2.30. The number of fused-ring (bicyclic) bond motifs is 1. The van der Waals surface area contributed by atoms with Gasteiger partial charge >= 0.3 is 6.18 Å². The average molecular weight is 256 g/mol. The van der Waals surface area contributed by atoms with Gasteiger partial charge in [0, 0.05) is 5.39 Å². The monoisotopic (exact) mass is 256 g/mol. The topological polar surface area (TPSA) is 48.1 Å². The molecule has 0 aliphatic heterocycles. The van der Waals surface area contributed by atoms with Crippen LogP contribution in [-0.2, 0) is 0 Å². The Labute approximate surface area is 101 Å². The molecule has 96 valence electrons. The second-order valence-electron chi connectivity index (χ2n) is 3.95. The molecule has 1 heterocycles. The maximum absolute atomic E-state index is 12.0. The van der Waals surface area contributed by atoms with Crippen molar-refractivity contribution in [1.29, 1.82) is 0 Å².